The van der Waals surface area contributed by atoms with E-state index in [0.717, 1.165) is 0 Å². The van der Waals surface area contributed by atoms with Gasteiger partial charge in [-0.25, -0.2) is 5.11 Å². The first-order valence-electron chi connectivity index (χ1n) is 2.39. The maximum absolute atomic E-state index is 9.67. The standard InChI is InChI=1S/C5H10O2/c1-2-7-5-3-4-6/h3H,2,4-5H2,1H3. The van der Waals surface area contributed by atoms with Crippen LogP contribution >= 0.6 is 0 Å². The number of hydrogen-bond donors (Lipinski definition) is 0. The Labute approximate surface area is 44.1 Å². The van der Waals surface area contributed by atoms with Gasteiger partial charge in [0.15, 0.2) is 0 Å². The Kier molecular flexibility index (Phi) is 5.85. The second-order valence-corrected chi connectivity index (χ2v) is 1.11. The SMILES string of the molecule is CCOC[CH]C[O]. The van der Waals surface area contributed by atoms with Crippen molar-refractivity contribution in [3.05, 3.63) is 6.42 Å². The summed E-state index contributed by atoms with van der Waals surface area (Å²) in [5.41, 5.74) is 0. The first-order valence-corrected chi connectivity index (χ1v) is 2.39. The van der Waals surface area contributed by atoms with Crippen LogP contribution in [0.15, 0.2) is 0 Å². The Hall–Kier alpha value is -0.0800. The molecule has 0 aliphatic heterocycles. The van der Waals surface area contributed by atoms with Crippen LogP contribution in [0.3, 0.4) is 0 Å². The maximum atomic E-state index is 9.67. The lowest BCUT2D eigenvalue weighted by Gasteiger charge is -1.93. The van der Waals surface area contributed by atoms with E-state index in [1.54, 1.807) is 6.42 Å². The van der Waals surface area contributed by atoms with Gasteiger partial charge in [0.25, 0.3) is 0 Å². The van der Waals surface area contributed by atoms with E-state index in [0.29, 0.717) is 13.2 Å². The topological polar surface area (TPSA) is 29.1 Å². The second kappa shape index (κ2) is 5.92. The van der Waals surface area contributed by atoms with Gasteiger partial charge in [-0.1, -0.05) is 0 Å². The summed E-state index contributed by atoms with van der Waals surface area (Å²) in [4.78, 5) is 0. The third-order valence-electron chi connectivity index (χ3n) is 0.558. The van der Waals surface area contributed by atoms with Gasteiger partial charge >= 0.3 is 0 Å². The van der Waals surface area contributed by atoms with Gasteiger partial charge in [-0.05, 0) is 6.92 Å². The molecule has 2 radical (unpaired) electrons. The zero-order valence-electron chi connectivity index (χ0n) is 4.52. The molecule has 2 heteroatoms. The van der Waals surface area contributed by atoms with Gasteiger partial charge in [-0.3, -0.25) is 0 Å². The predicted octanol–water partition coefficient (Wildman–Crippen LogP) is 0.658. The molecule has 0 amide bonds. The van der Waals surface area contributed by atoms with Crippen molar-refractivity contribution in [1.29, 1.82) is 0 Å². The van der Waals surface area contributed by atoms with Crippen LogP contribution in [-0.2, 0) is 9.84 Å². The number of rotatable bonds is 4. The summed E-state index contributed by atoms with van der Waals surface area (Å²) in [5, 5.41) is 9.67. The summed E-state index contributed by atoms with van der Waals surface area (Å²) in [6.07, 6.45) is 1.56. The van der Waals surface area contributed by atoms with E-state index < -0.39 is 0 Å². The summed E-state index contributed by atoms with van der Waals surface area (Å²) in [5.74, 6) is 0. The van der Waals surface area contributed by atoms with Crippen molar-refractivity contribution in [2.45, 2.75) is 6.92 Å². The van der Waals surface area contributed by atoms with Crippen LogP contribution in [0, 0.1) is 6.42 Å². The van der Waals surface area contributed by atoms with Crippen molar-refractivity contribution in [3.63, 3.8) is 0 Å². The molecule has 0 N–H and O–H groups in total. The van der Waals surface area contributed by atoms with Crippen molar-refractivity contribution >= 4 is 0 Å². The van der Waals surface area contributed by atoms with Crippen LogP contribution in [0.1, 0.15) is 6.92 Å². The van der Waals surface area contributed by atoms with Gasteiger partial charge in [-0.2, -0.15) is 0 Å². The fraction of sp³-hybridized carbons (Fsp3) is 0.800. The molecule has 0 unspecified atom stereocenters. The van der Waals surface area contributed by atoms with Crippen molar-refractivity contribution in [1.82, 2.24) is 0 Å². The third-order valence-corrected chi connectivity index (χ3v) is 0.558. The highest BCUT2D eigenvalue weighted by Crippen LogP contribution is 1.76. The minimum Gasteiger partial charge on any atom is -0.381 e. The summed E-state index contributed by atoms with van der Waals surface area (Å²) < 4.78 is 4.82. The van der Waals surface area contributed by atoms with Gasteiger partial charge in [0.1, 0.15) is 0 Å². The van der Waals surface area contributed by atoms with E-state index in [-0.39, 0.29) is 6.61 Å². The molecule has 42 valence electrons. The zero-order chi connectivity index (χ0) is 5.54. The fourth-order valence-corrected chi connectivity index (χ4v) is 0.249. The van der Waals surface area contributed by atoms with Crippen molar-refractivity contribution in [3.8, 4) is 0 Å². The monoisotopic (exact) mass is 102 g/mol. The molecular weight excluding hydrogens is 92.1 g/mol. The van der Waals surface area contributed by atoms with Crippen LogP contribution in [-0.4, -0.2) is 19.8 Å². The molecule has 0 rings (SSSR count). The third kappa shape index (κ3) is 5.92. The lowest BCUT2D eigenvalue weighted by atomic mass is 10.5. The van der Waals surface area contributed by atoms with Crippen LogP contribution in [0.5, 0.6) is 0 Å². The summed E-state index contributed by atoms with van der Waals surface area (Å²) in [7, 11) is 0. The molecule has 0 spiro atoms. The van der Waals surface area contributed by atoms with Gasteiger partial charge in [0.2, 0.25) is 0 Å². The van der Waals surface area contributed by atoms with Crippen LogP contribution in [0.4, 0.5) is 0 Å². The van der Waals surface area contributed by atoms with E-state index in [2.05, 4.69) is 0 Å². The lowest BCUT2D eigenvalue weighted by molar-refractivity contribution is 0.143. The Bertz CT molecular complexity index is 25.3. The molecule has 0 aromatic heterocycles. The minimum atomic E-state index is -0.139. The van der Waals surface area contributed by atoms with Crippen molar-refractivity contribution < 1.29 is 9.84 Å². The average Bonchev–Trinajstić information content (AvgIpc) is 1.69. The predicted molar refractivity (Wildman–Crippen MR) is 26.3 cm³/mol. The molecule has 7 heavy (non-hydrogen) atoms. The second-order valence-electron chi connectivity index (χ2n) is 1.11. The summed E-state index contributed by atoms with van der Waals surface area (Å²) in [6.45, 7) is 2.95. The smallest absolute Gasteiger partial charge is 0.0876 e. The first-order chi connectivity index (χ1) is 3.41. The Balaban J connectivity index is 2.45. The largest absolute Gasteiger partial charge is 0.381 e. The molecule has 0 aliphatic rings. The fourth-order valence-electron chi connectivity index (χ4n) is 0.249. The van der Waals surface area contributed by atoms with Gasteiger partial charge in [-0.15, -0.1) is 0 Å². The van der Waals surface area contributed by atoms with Crippen molar-refractivity contribution in [2.24, 2.45) is 0 Å². The summed E-state index contributed by atoms with van der Waals surface area (Å²) >= 11 is 0. The quantitative estimate of drug-likeness (QED) is 0.479. The van der Waals surface area contributed by atoms with Gasteiger partial charge in [0, 0.05) is 13.0 Å². The van der Waals surface area contributed by atoms with E-state index >= 15 is 0 Å². The Morgan fingerprint density at radius 3 is 2.86 bits per heavy atom. The van der Waals surface area contributed by atoms with Crippen molar-refractivity contribution in [2.75, 3.05) is 19.8 Å². The minimum absolute atomic E-state index is 0.139. The molecule has 0 fully saturated rings. The summed E-state index contributed by atoms with van der Waals surface area (Å²) in [6, 6.07) is 0. The first kappa shape index (κ1) is 6.92. The Morgan fingerprint density at radius 2 is 2.43 bits per heavy atom. The number of ether oxygens (including phenoxy) is 1. The van der Waals surface area contributed by atoms with E-state index in [1.807, 2.05) is 6.92 Å². The van der Waals surface area contributed by atoms with Gasteiger partial charge in [0.05, 0.1) is 13.2 Å². The molecule has 0 bridgehead atoms. The molecule has 0 aromatic carbocycles. The molecule has 0 aliphatic carbocycles. The highest BCUT2D eigenvalue weighted by Gasteiger charge is 1.81. The molecular formula is C5H10O2. The number of hydrogen-bond acceptors (Lipinski definition) is 1. The molecule has 0 aromatic rings. The van der Waals surface area contributed by atoms with E-state index in [1.165, 1.54) is 0 Å². The molecule has 2 nitrogen and oxygen atoms in total. The van der Waals surface area contributed by atoms with Crippen LogP contribution in [0.25, 0.3) is 0 Å². The molecule has 0 saturated carbocycles. The van der Waals surface area contributed by atoms with Crippen LogP contribution < -0.4 is 0 Å². The van der Waals surface area contributed by atoms with Crippen LogP contribution in [0.2, 0.25) is 0 Å². The average molecular weight is 102 g/mol. The van der Waals surface area contributed by atoms with E-state index in [9.17, 15) is 5.11 Å². The van der Waals surface area contributed by atoms with E-state index in [4.69, 9.17) is 4.74 Å². The zero-order valence-corrected chi connectivity index (χ0v) is 4.52. The maximum Gasteiger partial charge on any atom is 0.0876 e. The highest BCUT2D eigenvalue weighted by molar-refractivity contribution is 4.57. The molecule has 0 heterocycles. The normalized spacial score (nSPS) is 9.43. The Morgan fingerprint density at radius 1 is 1.71 bits per heavy atom. The molecule has 0 saturated heterocycles. The lowest BCUT2D eigenvalue weighted by Crippen LogP contribution is -1.95. The van der Waals surface area contributed by atoms with Gasteiger partial charge < -0.3 is 4.74 Å². The molecule has 0 atom stereocenters. The highest BCUT2D eigenvalue weighted by atomic mass is 16.5.